The molecule has 6 nitrogen and oxygen atoms in total. The van der Waals surface area contributed by atoms with Crippen molar-refractivity contribution in [2.75, 3.05) is 40.5 Å². The molecule has 0 radical (unpaired) electrons. The molecule has 0 aromatic carbocycles. The first-order chi connectivity index (χ1) is 6.27. The Hall–Kier alpha value is -0.820. The molecule has 0 atom stereocenters. The molecule has 2 amide bonds. The summed E-state index contributed by atoms with van der Waals surface area (Å²) in [7, 11) is 2.89. The number of nitrogens with zero attached hydrogens (tertiary/aromatic N) is 2. The first-order valence-electron chi connectivity index (χ1n) is 4.12. The minimum absolute atomic E-state index is 0.0837. The number of sulfonamides is 1. The summed E-state index contributed by atoms with van der Waals surface area (Å²) in [5, 5.41) is 2.47. The molecule has 0 aliphatic carbocycles. The molecule has 0 unspecified atom stereocenters. The molecule has 0 rings (SSSR count). The first-order valence-corrected chi connectivity index (χ1v) is 5.73. The quantitative estimate of drug-likeness (QED) is 0.675. The topological polar surface area (TPSA) is 69.7 Å². The molecule has 0 aliphatic heterocycles. The summed E-state index contributed by atoms with van der Waals surface area (Å²) in [5.74, 6) is -0.0837. The Morgan fingerprint density at radius 3 is 2.07 bits per heavy atom. The third-order valence-electron chi connectivity index (χ3n) is 1.60. The lowest BCUT2D eigenvalue weighted by molar-refractivity contribution is 0.218. The molecular weight excluding hydrogens is 206 g/mol. The Bertz CT molecular complexity index is 285. The lowest BCUT2D eigenvalue weighted by atomic mass is 10.7. The van der Waals surface area contributed by atoms with E-state index in [1.807, 2.05) is 0 Å². The van der Waals surface area contributed by atoms with E-state index in [9.17, 15) is 13.2 Å². The number of nitrogens with one attached hydrogen (secondary N) is 1. The summed E-state index contributed by atoms with van der Waals surface area (Å²) in [4.78, 5) is 12.4. The predicted octanol–water partition coefficient (Wildman–Crippen LogP) is -0.851. The van der Waals surface area contributed by atoms with Crippen LogP contribution in [0.5, 0.6) is 0 Å². The van der Waals surface area contributed by atoms with Crippen LogP contribution in [0.2, 0.25) is 0 Å². The van der Waals surface area contributed by atoms with Gasteiger partial charge in [-0.3, -0.25) is 0 Å². The van der Waals surface area contributed by atoms with E-state index in [0.717, 1.165) is 4.31 Å². The van der Waals surface area contributed by atoms with Gasteiger partial charge in [0.1, 0.15) is 0 Å². The Morgan fingerprint density at radius 2 is 1.71 bits per heavy atom. The number of amides is 2. The van der Waals surface area contributed by atoms with Crippen molar-refractivity contribution in [2.24, 2.45) is 0 Å². The molecule has 1 N–H and O–H groups in total. The highest BCUT2D eigenvalue weighted by Gasteiger charge is 2.13. The standard InChI is InChI=1S/C7H17N3O3S/c1-9(2)7(11)8-5-6-14(12,13)10(3)4/h5-6H2,1-4H3,(H,8,11). The smallest absolute Gasteiger partial charge is 0.316 e. The molecular formula is C7H17N3O3S. The van der Waals surface area contributed by atoms with Crippen LogP contribution >= 0.6 is 0 Å². The van der Waals surface area contributed by atoms with Crippen LogP contribution in [0.1, 0.15) is 0 Å². The maximum Gasteiger partial charge on any atom is 0.316 e. The zero-order chi connectivity index (χ0) is 11.4. The Balaban J connectivity index is 3.93. The average molecular weight is 223 g/mol. The van der Waals surface area contributed by atoms with Crippen LogP contribution < -0.4 is 5.32 Å². The van der Waals surface area contributed by atoms with Crippen LogP contribution in [0.3, 0.4) is 0 Å². The van der Waals surface area contributed by atoms with Gasteiger partial charge in [0.2, 0.25) is 10.0 Å². The zero-order valence-electron chi connectivity index (χ0n) is 8.94. The molecule has 0 aromatic rings. The van der Waals surface area contributed by atoms with Crippen molar-refractivity contribution in [3.63, 3.8) is 0 Å². The molecule has 14 heavy (non-hydrogen) atoms. The summed E-state index contributed by atoms with van der Waals surface area (Å²) in [5.41, 5.74) is 0. The van der Waals surface area contributed by atoms with E-state index in [1.54, 1.807) is 14.1 Å². The van der Waals surface area contributed by atoms with Gasteiger partial charge in [0, 0.05) is 34.7 Å². The lowest BCUT2D eigenvalue weighted by Crippen LogP contribution is -2.39. The van der Waals surface area contributed by atoms with Crippen molar-refractivity contribution in [3.8, 4) is 0 Å². The summed E-state index contributed by atoms with van der Waals surface area (Å²) < 4.78 is 23.6. The minimum atomic E-state index is -3.22. The highest BCUT2D eigenvalue weighted by atomic mass is 32.2. The molecule has 0 aromatic heterocycles. The maximum absolute atomic E-state index is 11.2. The predicted molar refractivity (Wildman–Crippen MR) is 54.6 cm³/mol. The third-order valence-corrected chi connectivity index (χ3v) is 3.43. The summed E-state index contributed by atoms with van der Waals surface area (Å²) in [6.07, 6.45) is 0. The fraction of sp³-hybridized carbons (Fsp3) is 0.857. The summed E-state index contributed by atoms with van der Waals surface area (Å²) in [6.45, 7) is 0.123. The van der Waals surface area contributed by atoms with Gasteiger partial charge in [-0.15, -0.1) is 0 Å². The first kappa shape index (κ1) is 13.2. The second-order valence-corrected chi connectivity index (χ2v) is 5.53. The van der Waals surface area contributed by atoms with Gasteiger partial charge in [0.15, 0.2) is 0 Å². The van der Waals surface area contributed by atoms with E-state index < -0.39 is 10.0 Å². The normalized spacial score (nSPS) is 11.5. The number of urea groups is 1. The van der Waals surface area contributed by atoms with E-state index in [2.05, 4.69) is 5.32 Å². The summed E-state index contributed by atoms with van der Waals surface area (Å²) in [6, 6.07) is -0.293. The van der Waals surface area contributed by atoms with Crippen molar-refractivity contribution in [1.29, 1.82) is 0 Å². The maximum atomic E-state index is 11.2. The molecule has 0 bridgehead atoms. The molecule has 7 heteroatoms. The molecule has 0 saturated carbocycles. The van der Waals surface area contributed by atoms with E-state index >= 15 is 0 Å². The van der Waals surface area contributed by atoms with Gasteiger partial charge in [0.05, 0.1) is 5.75 Å². The molecule has 0 aliphatic rings. The van der Waals surface area contributed by atoms with Crippen LogP contribution in [0.15, 0.2) is 0 Å². The van der Waals surface area contributed by atoms with Crippen LogP contribution in [0.4, 0.5) is 4.79 Å². The van der Waals surface area contributed by atoms with Crippen molar-refractivity contribution >= 4 is 16.1 Å². The number of carbonyl (C=O) groups is 1. The lowest BCUT2D eigenvalue weighted by Gasteiger charge is -2.14. The summed E-state index contributed by atoms with van der Waals surface area (Å²) >= 11 is 0. The van der Waals surface area contributed by atoms with Gasteiger partial charge in [-0.05, 0) is 0 Å². The minimum Gasteiger partial charge on any atom is -0.337 e. The van der Waals surface area contributed by atoms with Crippen LogP contribution in [0.25, 0.3) is 0 Å². The number of carbonyl (C=O) groups excluding carboxylic acids is 1. The fourth-order valence-electron chi connectivity index (χ4n) is 0.628. The Labute approximate surface area is 84.9 Å². The molecule has 84 valence electrons. The van der Waals surface area contributed by atoms with Gasteiger partial charge in [-0.25, -0.2) is 17.5 Å². The largest absolute Gasteiger partial charge is 0.337 e. The van der Waals surface area contributed by atoms with E-state index in [-0.39, 0.29) is 18.3 Å². The molecule has 0 saturated heterocycles. The second kappa shape index (κ2) is 5.16. The third kappa shape index (κ3) is 4.43. The Morgan fingerprint density at radius 1 is 1.21 bits per heavy atom. The van der Waals surface area contributed by atoms with Gasteiger partial charge >= 0.3 is 6.03 Å². The van der Waals surface area contributed by atoms with Crippen molar-refractivity contribution < 1.29 is 13.2 Å². The SMILES string of the molecule is CN(C)C(=O)NCCS(=O)(=O)N(C)C. The highest BCUT2D eigenvalue weighted by Crippen LogP contribution is 1.92. The number of rotatable bonds is 4. The highest BCUT2D eigenvalue weighted by molar-refractivity contribution is 7.89. The second-order valence-electron chi connectivity index (χ2n) is 3.22. The van der Waals surface area contributed by atoms with Gasteiger partial charge in [-0.1, -0.05) is 0 Å². The molecule has 0 spiro atoms. The Kier molecular flexibility index (Phi) is 4.86. The van der Waals surface area contributed by atoms with Crippen LogP contribution in [-0.4, -0.2) is 64.1 Å². The van der Waals surface area contributed by atoms with Gasteiger partial charge < -0.3 is 10.2 Å². The molecule has 0 fully saturated rings. The van der Waals surface area contributed by atoms with E-state index in [0.29, 0.717) is 0 Å². The monoisotopic (exact) mass is 223 g/mol. The van der Waals surface area contributed by atoms with Crippen molar-refractivity contribution in [3.05, 3.63) is 0 Å². The zero-order valence-corrected chi connectivity index (χ0v) is 9.76. The number of hydrogen-bond donors (Lipinski definition) is 1. The van der Waals surface area contributed by atoms with Crippen molar-refractivity contribution in [2.45, 2.75) is 0 Å². The van der Waals surface area contributed by atoms with Gasteiger partial charge in [-0.2, -0.15) is 0 Å². The van der Waals surface area contributed by atoms with Crippen molar-refractivity contribution in [1.82, 2.24) is 14.5 Å². The van der Waals surface area contributed by atoms with Crippen LogP contribution in [0, 0.1) is 0 Å². The molecule has 0 heterocycles. The van der Waals surface area contributed by atoms with Gasteiger partial charge in [0.25, 0.3) is 0 Å². The van der Waals surface area contributed by atoms with E-state index in [4.69, 9.17) is 0 Å². The number of hydrogen-bond acceptors (Lipinski definition) is 3. The van der Waals surface area contributed by atoms with Crippen LogP contribution in [-0.2, 0) is 10.0 Å². The van der Waals surface area contributed by atoms with E-state index in [1.165, 1.54) is 19.0 Å². The fourth-order valence-corrected chi connectivity index (χ4v) is 1.35. The average Bonchev–Trinajstić information content (AvgIpc) is 2.03.